The first-order valence-electron chi connectivity index (χ1n) is 5.51. The molecule has 1 radical (unpaired) electrons. The van der Waals surface area contributed by atoms with Crippen LogP contribution >= 0.6 is 0 Å². The molecule has 4 nitrogen and oxygen atoms in total. The minimum atomic E-state index is 0. The van der Waals surface area contributed by atoms with Crippen LogP contribution in [0.15, 0.2) is 36.4 Å². The number of hydrogen-bond donors (Lipinski definition) is 4. The number of anilines is 2. The van der Waals surface area contributed by atoms with E-state index in [2.05, 4.69) is 0 Å². The topological polar surface area (TPSA) is 92.5 Å². The van der Waals surface area contributed by atoms with Gasteiger partial charge in [-0.2, -0.15) is 0 Å². The van der Waals surface area contributed by atoms with Gasteiger partial charge in [0.05, 0.1) is 0 Å². The third kappa shape index (κ3) is 5.09. The predicted molar refractivity (Wildman–Crippen MR) is 74.5 cm³/mol. The fourth-order valence-electron chi connectivity index (χ4n) is 1.28. The molecule has 99 valence electrons. The molecule has 0 saturated carbocycles. The molecule has 0 aliphatic carbocycles. The molecular formula is C14H18N2O2Y. The first-order valence-corrected chi connectivity index (χ1v) is 5.51. The number of nitrogens with two attached hydrogens (primary N) is 2. The monoisotopic (exact) mass is 335 g/mol. The van der Waals surface area contributed by atoms with Gasteiger partial charge in [0.25, 0.3) is 0 Å². The SMILES string of the molecule is Cc1c(N)cccc1O.Cc1c(N)cccc1O.[Y]. The largest absolute Gasteiger partial charge is 0.508 e. The standard InChI is InChI=1S/2C7H9NO.Y/c2*1-5-6(8)3-2-4-7(5)9;/h2*2-4,9H,8H2,1H3;. The average molecular weight is 335 g/mol. The van der Waals surface area contributed by atoms with Crippen LogP contribution in [-0.4, -0.2) is 10.2 Å². The summed E-state index contributed by atoms with van der Waals surface area (Å²) in [6.07, 6.45) is 0. The number of phenolic OH excluding ortho intramolecular Hbond substituents is 2. The van der Waals surface area contributed by atoms with Gasteiger partial charge in [-0.05, 0) is 38.1 Å². The van der Waals surface area contributed by atoms with Gasteiger partial charge < -0.3 is 21.7 Å². The van der Waals surface area contributed by atoms with Gasteiger partial charge in [0, 0.05) is 55.2 Å². The Morgan fingerprint density at radius 1 is 0.737 bits per heavy atom. The average Bonchev–Trinajstić information content (AvgIpc) is 2.34. The van der Waals surface area contributed by atoms with Gasteiger partial charge in [-0.25, -0.2) is 0 Å². The molecule has 0 atom stereocenters. The van der Waals surface area contributed by atoms with Gasteiger partial charge in [-0.3, -0.25) is 0 Å². The summed E-state index contributed by atoms with van der Waals surface area (Å²) in [4.78, 5) is 0. The van der Waals surface area contributed by atoms with E-state index in [1.807, 2.05) is 0 Å². The molecule has 0 heterocycles. The number of phenols is 2. The maximum Gasteiger partial charge on any atom is 0.120 e. The van der Waals surface area contributed by atoms with Gasteiger partial charge >= 0.3 is 0 Å². The van der Waals surface area contributed by atoms with Crippen molar-refractivity contribution in [3.8, 4) is 11.5 Å². The first kappa shape index (κ1) is 17.7. The van der Waals surface area contributed by atoms with E-state index in [-0.39, 0.29) is 44.2 Å². The minimum Gasteiger partial charge on any atom is -0.508 e. The molecule has 0 aliphatic rings. The van der Waals surface area contributed by atoms with Gasteiger partial charge in [0.2, 0.25) is 0 Å². The molecule has 0 amide bonds. The molecule has 2 aromatic rings. The second kappa shape index (κ2) is 8.02. The molecule has 6 N–H and O–H groups in total. The normalized spacial score (nSPS) is 8.95. The van der Waals surface area contributed by atoms with Crippen LogP contribution in [-0.2, 0) is 32.7 Å². The molecule has 0 bridgehead atoms. The van der Waals surface area contributed by atoms with Crippen molar-refractivity contribution in [2.75, 3.05) is 11.5 Å². The van der Waals surface area contributed by atoms with Crippen LogP contribution < -0.4 is 11.5 Å². The van der Waals surface area contributed by atoms with E-state index in [1.54, 1.807) is 50.2 Å². The molecule has 0 fully saturated rings. The second-order valence-corrected chi connectivity index (χ2v) is 3.98. The maximum absolute atomic E-state index is 9.02. The Morgan fingerprint density at radius 2 is 1.05 bits per heavy atom. The van der Waals surface area contributed by atoms with E-state index in [0.717, 1.165) is 11.1 Å². The van der Waals surface area contributed by atoms with Crippen molar-refractivity contribution in [2.45, 2.75) is 13.8 Å². The fraction of sp³-hybridized carbons (Fsp3) is 0.143. The van der Waals surface area contributed by atoms with Gasteiger partial charge in [-0.1, -0.05) is 12.1 Å². The predicted octanol–water partition coefficient (Wildman–Crippen LogP) is 2.56. The summed E-state index contributed by atoms with van der Waals surface area (Å²) in [5.74, 6) is 0.519. The van der Waals surface area contributed by atoms with Crippen LogP contribution in [0.2, 0.25) is 0 Å². The van der Waals surface area contributed by atoms with Crippen molar-refractivity contribution in [3.05, 3.63) is 47.5 Å². The zero-order chi connectivity index (χ0) is 13.7. The van der Waals surface area contributed by atoms with Crippen LogP contribution in [0.5, 0.6) is 11.5 Å². The van der Waals surface area contributed by atoms with Crippen molar-refractivity contribution in [3.63, 3.8) is 0 Å². The Kier molecular flexibility index (Phi) is 7.49. The Morgan fingerprint density at radius 3 is 1.26 bits per heavy atom. The van der Waals surface area contributed by atoms with Crippen LogP contribution in [0.25, 0.3) is 0 Å². The Labute approximate surface area is 138 Å². The molecule has 0 saturated heterocycles. The van der Waals surface area contributed by atoms with Gasteiger partial charge in [0.15, 0.2) is 0 Å². The molecule has 19 heavy (non-hydrogen) atoms. The third-order valence-corrected chi connectivity index (χ3v) is 2.69. The number of rotatable bonds is 0. The number of aromatic hydroxyl groups is 2. The van der Waals surface area contributed by atoms with Crippen molar-refractivity contribution in [1.29, 1.82) is 0 Å². The van der Waals surface area contributed by atoms with Crippen LogP contribution in [0.4, 0.5) is 11.4 Å². The summed E-state index contributed by atoms with van der Waals surface area (Å²) in [6.45, 7) is 3.56. The Hall–Kier alpha value is -1.26. The quantitative estimate of drug-likeness (QED) is 0.557. The summed E-state index contributed by atoms with van der Waals surface area (Å²) in [5, 5.41) is 18.0. The van der Waals surface area contributed by atoms with Gasteiger partial charge in [-0.15, -0.1) is 0 Å². The van der Waals surface area contributed by atoms with Gasteiger partial charge in [0.1, 0.15) is 11.5 Å². The summed E-state index contributed by atoms with van der Waals surface area (Å²) in [6, 6.07) is 10.2. The van der Waals surface area contributed by atoms with Crippen LogP contribution in [0.3, 0.4) is 0 Å². The Balaban J connectivity index is 0.000000324. The molecule has 0 aliphatic heterocycles. The number of hydrogen-bond acceptors (Lipinski definition) is 4. The molecular weight excluding hydrogens is 317 g/mol. The number of benzene rings is 2. The van der Waals surface area contributed by atoms with E-state index in [9.17, 15) is 0 Å². The fourth-order valence-corrected chi connectivity index (χ4v) is 1.28. The summed E-state index contributed by atoms with van der Waals surface area (Å²) >= 11 is 0. The molecule has 0 unspecified atom stereocenters. The third-order valence-electron chi connectivity index (χ3n) is 2.69. The van der Waals surface area contributed by atoms with E-state index >= 15 is 0 Å². The number of nitrogen functional groups attached to an aromatic ring is 2. The van der Waals surface area contributed by atoms with E-state index in [0.29, 0.717) is 11.4 Å². The zero-order valence-corrected chi connectivity index (χ0v) is 13.9. The zero-order valence-electron chi connectivity index (χ0n) is 11.1. The summed E-state index contributed by atoms with van der Waals surface area (Å²) < 4.78 is 0. The molecule has 0 spiro atoms. The van der Waals surface area contributed by atoms with E-state index < -0.39 is 0 Å². The second-order valence-electron chi connectivity index (χ2n) is 3.98. The van der Waals surface area contributed by atoms with Crippen LogP contribution in [0, 0.1) is 13.8 Å². The molecule has 2 aromatic carbocycles. The van der Waals surface area contributed by atoms with Crippen molar-refractivity contribution in [1.82, 2.24) is 0 Å². The minimum absolute atomic E-state index is 0. The maximum atomic E-state index is 9.02. The molecule has 0 aromatic heterocycles. The first-order chi connectivity index (χ1) is 8.43. The van der Waals surface area contributed by atoms with Crippen LogP contribution in [0.1, 0.15) is 11.1 Å². The van der Waals surface area contributed by atoms with E-state index in [1.165, 1.54) is 0 Å². The van der Waals surface area contributed by atoms with Crippen molar-refractivity contribution < 1.29 is 42.9 Å². The smallest absolute Gasteiger partial charge is 0.120 e. The summed E-state index contributed by atoms with van der Waals surface area (Å²) in [7, 11) is 0. The van der Waals surface area contributed by atoms with Crippen molar-refractivity contribution in [2.24, 2.45) is 0 Å². The molecule has 2 rings (SSSR count). The summed E-state index contributed by atoms with van der Waals surface area (Å²) in [5.41, 5.74) is 13.7. The molecule has 5 heteroatoms. The Bertz CT molecular complexity index is 455. The van der Waals surface area contributed by atoms with E-state index in [4.69, 9.17) is 21.7 Å². The van der Waals surface area contributed by atoms with Crippen molar-refractivity contribution >= 4 is 11.4 Å².